The minimum Gasteiger partial charge on any atom is -0.361 e. The summed E-state index contributed by atoms with van der Waals surface area (Å²) in [6.45, 7) is 4.43. The van der Waals surface area contributed by atoms with Crippen molar-refractivity contribution in [2.75, 3.05) is 6.54 Å². The van der Waals surface area contributed by atoms with Crippen molar-refractivity contribution in [1.82, 2.24) is 10.1 Å². The molecule has 2 heterocycles. The molecule has 6 heteroatoms. The zero-order valence-electron chi connectivity index (χ0n) is 13.1. The van der Waals surface area contributed by atoms with Crippen LogP contribution in [0.5, 0.6) is 0 Å². The van der Waals surface area contributed by atoms with E-state index in [0.717, 1.165) is 29.9 Å². The zero-order valence-corrected chi connectivity index (χ0v) is 13.9. The van der Waals surface area contributed by atoms with E-state index in [9.17, 15) is 9.18 Å². The van der Waals surface area contributed by atoms with Gasteiger partial charge in [-0.15, -0.1) is 0 Å². The summed E-state index contributed by atoms with van der Waals surface area (Å²) in [5.41, 5.74) is 1.67. The third-order valence-corrected chi connectivity index (χ3v) is 4.64. The number of aryl methyl sites for hydroxylation is 2. The summed E-state index contributed by atoms with van der Waals surface area (Å²) in [4.78, 5) is 14.5. The number of aromatic nitrogens is 1. The smallest absolute Gasteiger partial charge is 0.258 e. The Morgan fingerprint density at radius 1 is 1.52 bits per heavy atom. The number of hydrogen-bond donors (Lipinski definition) is 0. The summed E-state index contributed by atoms with van der Waals surface area (Å²) in [7, 11) is 0. The molecule has 0 spiro atoms. The molecule has 1 amide bonds. The first kappa shape index (κ1) is 16.0. The van der Waals surface area contributed by atoms with Crippen LogP contribution in [-0.4, -0.2) is 22.5 Å². The first-order chi connectivity index (χ1) is 11.0. The molecule has 1 aromatic carbocycles. The first-order valence-electron chi connectivity index (χ1n) is 7.74. The SMILES string of the molecule is CCc1onc(C)c1[C@@H]1CCCN1C(=O)c1c(F)cccc1Cl. The summed E-state index contributed by atoms with van der Waals surface area (Å²) in [6.07, 6.45) is 2.37. The Bertz CT molecular complexity index is 724. The van der Waals surface area contributed by atoms with Gasteiger partial charge in [0.2, 0.25) is 0 Å². The van der Waals surface area contributed by atoms with Crippen molar-refractivity contribution < 1.29 is 13.7 Å². The fourth-order valence-corrected chi connectivity index (χ4v) is 3.51. The average Bonchev–Trinajstić information content (AvgIpc) is 3.12. The van der Waals surface area contributed by atoms with Crippen LogP contribution in [-0.2, 0) is 6.42 Å². The maximum Gasteiger partial charge on any atom is 0.258 e. The van der Waals surface area contributed by atoms with E-state index in [1.807, 2.05) is 13.8 Å². The molecule has 23 heavy (non-hydrogen) atoms. The van der Waals surface area contributed by atoms with Gasteiger partial charge in [-0.1, -0.05) is 29.7 Å². The van der Waals surface area contributed by atoms with Gasteiger partial charge in [-0.2, -0.15) is 0 Å². The molecule has 0 N–H and O–H groups in total. The van der Waals surface area contributed by atoms with E-state index in [4.69, 9.17) is 16.1 Å². The monoisotopic (exact) mass is 336 g/mol. The molecule has 0 aliphatic carbocycles. The highest BCUT2D eigenvalue weighted by Gasteiger charge is 2.36. The fraction of sp³-hybridized carbons (Fsp3) is 0.412. The molecule has 0 unspecified atom stereocenters. The Kier molecular flexibility index (Phi) is 4.39. The number of amides is 1. The molecule has 122 valence electrons. The van der Waals surface area contributed by atoms with Gasteiger partial charge < -0.3 is 9.42 Å². The largest absolute Gasteiger partial charge is 0.361 e. The van der Waals surface area contributed by atoms with Gasteiger partial charge in [0.1, 0.15) is 11.6 Å². The van der Waals surface area contributed by atoms with Crippen LogP contribution in [0.1, 0.15) is 53.2 Å². The minimum atomic E-state index is -0.592. The second-order valence-corrected chi connectivity index (χ2v) is 6.12. The van der Waals surface area contributed by atoms with E-state index in [1.54, 1.807) is 4.90 Å². The van der Waals surface area contributed by atoms with Crippen LogP contribution in [0.15, 0.2) is 22.7 Å². The van der Waals surface area contributed by atoms with Gasteiger partial charge in [-0.05, 0) is 31.9 Å². The Balaban J connectivity index is 1.99. The molecule has 1 aliphatic heterocycles. The molecule has 1 atom stereocenters. The summed E-state index contributed by atoms with van der Waals surface area (Å²) < 4.78 is 19.4. The maximum absolute atomic E-state index is 14.1. The highest BCUT2D eigenvalue weighted by atomic mass is 35.5. The molecule has 3 rings (SSSR count). The van der Waals surface area contributed by atoms with Crippen molar-refractivity contribution in [3.8, 4) is 0 Å². The molecule has 0 radical (unpaired) electrons. The van der Waals surface area contributed by atoms with Gasteiger partial charge in [0.25, 0.3) is 5.91 Å². The highest BCUT2D eigenvalue weighted by molar-refractivity contribution is 6.33. The van der Waals surface area contributed by atoms with Crippen LogP contribution in [0.2, 0.25) is 5.02 Å². The number of nitrogens with zero attached hydrogens (tertiary/aromatic N) is 2. The molecule has 0 saturated carbocycles. The summed E-state index contributed by atoms with van der Waals surface area (Å²) in [5, 5.41) is 4.16. The lowest BCUT2D eigenvalue weighted by Gasteiger charge is -2.25. The third-order valence-electron chi connectivity index (χ3n) is 4.33. The number of hydrogen-bond acceptors (Lipinski definition) is 3. The van der Waals surface area contributed by atoms with Crippen molar-refractivity contribution in [3.05, 3.63) is 51.6 Å². The van der Waals surface area contributed by atoms with Crippen molar-refractivity contribution in [1.29, 1.82) is 0 Å². The van der Waals surface area contributed by atoms with Crippen molar-refractivity contribution in [2.45, 2.75) is 39.2 Å². The van der Waals surface area contributed by atoms with Gasteiger partial charge >= 0.3 is 0 Å². The first-order valence-corrected chi connectivity index (χ1v) is 8.12. The molecule has 1 fully saturated rings. The van der Waals surface area contributed by atoms with Crippen molar-refractivity contribution >= 4 is 17.5 Å². The van der Waals surface area contributed by atoms with Crippen LogP contribution in [0.25, 0.3) is 0 Å². The number of halogens is 2. The highest BCUT2D eigenvalue weighted by Crippen LogP contribution is 2.37. The van der Waals surface area contributed by atoms with Crippen LogP contribution >= 0.6 is 11.6 Å². The quantitative estimate of drug-likeness (QED) is 0.838. The molecule has 4 nitrogen and oxygen atoms in total. The zero-order chi connectivity index (χ0) is 16.6. The topological polar surface area (TPSA) is 46.3 Å². The van der Waals surface area contributed by atoms with Crippen molar-refractivity contribution in [2.24, 2.45) is 0 Å². The fourth-order valence-electron chi connectivity index (χ4n) is 3.26. The van der Waals surface area contributed by atoms with Gasteiger partial charge in [-0.25, -0.2) is 4.39 Å². The summed E-state index contributed by atoms with van der Waals surface area (Å²) >= 11 is 6.05. The predicted molar refractivity (Wildman–Crippen MR) is 85.0 cm³/mol. The Morgan fingerprint density at radius 2 is 2.30 bits per heavy atom. The lowest BCUT2D eigenvalue weighted by molar-refractivity contribution is 0.0730. The average molecular weight is 337 g/mol. The number of carbonyl (C=O) groups excluding carboxylic acids is 1. The van der Waals surface area contributed by atoms with E-state index >= 15 is 0 Å². The number of benzene rings is 1. The Hall–Kier alpha value is -1.88. The van der Waals surface area contributed by atoms with Gasteiger partial charge in [0.05, 0.1) is 22.3 Å². The van der Waals surface area contributed by atoms with Crippen molar-refractivity contribution in [3.63, 3.8) is 0 Å². The standard InChI is InChI=1S/C17H18ClFN2O2/c1-3-14-15(10(2)20-23-14)13-8-5-9-21(13)17(22)16-11(18)6-4-7-12(16)19/h4,6-7,13H,3,5,8-9H2,1-2H3/t13-/m0/s1. The number of carbonyl (C=O) groups is 1. The molecule has 0 bridgehead atoms. The Morgan fingerprint density at radius 3 is 3.00 bits per heavy atom. The van der Waals surface area contributed by atoms with E-state index in [1.165, 1.54) is 18.2 Å². The lowest BCUT2D eigenvalue weighted by Crippen LogP contribution is -2.32. The second-order valence-electron chi connectivity index (χ2n) is 5.71. The summed E-state index contributed by atoms with van der Waals surface area (Å²) in [5.74, 6) is -0.184. The van der Waals surface area contributed by atoms with E-state index in [0.29, 0.717) is 13.0 Å². The normalized spacial score (nSPS) is 17.7. The van der Waals surface area contributed by atoms with Crippen LogP contribution in [0.4, 0.5) is 4.39 Å². The second kappa shape index (κ2) is 6.32. The van der Waals surface area contributed by atoms with Crippen LogP contribution < -0.4 is 0 Å². The molecular weight excluding hydrogens is 319 g/mol. The van der Waals surface area contributed by atoms with E-state index in [2.05, 4.69) is 5.16 Å². The van der Waals surface area contributed by atoms with Gasteiger partial charge in [0.15, 0.2) is 0 Å². The predicted octanol–water partition coefficient (Wildman–Crippen LogP) is 4.32. The van der Waals surface area contributed by atoms with Crippen LogP contribution in [0.3, 0.4) is 0 Å². The third kappa shape index (κ3) is 2.74. The molecular formula is C17H18ClFN2O2. The molecule has 1 aliphatic rings. The lowest BCUT2D eigenvalue weighted by atomic mass is 10.0. The molecule has 1 saturated heterocycles. The molecule has 1 aromatic heterocycles. The molecule has 2 aromatic rings. The van der Waals surface area contributed by atoms with Gasteiger partial charge in [0, 0.05) is 18.5 Å². The Labute approximate surface area is 139 Å². The van der Waals surface area contributed by atoms with Gasteiger partial charge in [-0.3, -0.25) is 4.79 Å². The minimum absolute atomic E-state index is 0.0618. The van der Waals surface area contributed by atoms with E-state index in [-0.39, 0.29) is 22.5 Å². The van der Waals surface area contributed by atoms with Crippen LogP contribution in [0, 0.1) is 12.7 Å². The number of likely N-dealkylation sites (tertiary alicyclic amines) is 1. The van der Waals surface area contributed by atoms with E-state index < -0.39 is 5.82 Å². The number of rotatable bonds is 3. The summed E-state index contributed by atoms with van der Waals surface area (Å²) in [6, 6.07) is 4.14. The maximum atomic E-state index is 14.1.